The summed E-state index contributed by atoms with van der Waals surface area (Å²) in [5, 5.41) is 9.81. The molecule has 0 aliphatic rings. The molecule has 21 heavy (non-hydrogen) atoms. The molecule has 0 unspecified atom stereocenters. The summed E-state index contributed by atoms with van der Waals surface area (Å²) in [7, 11) is 0. The quantitative estimate of drug-likeness (QED) is 0.776. The number of carbonyl (C=O) groups is 1. The van der Waals surface area contributed by atoms with Crippen LogP contribution in [-0.2, 0) is 0 Å². The number of urea groups is 1. The summed E-state index contributed by atoms with van der Waals surface area (Å²) in [4.78, 5) is 20.0. The summed E-state index contributed by atoms with van der Waals surface area (Å²) in [5.41, 5.74) is 1.67. The van der Waals surface area contributed by atoms with Crippen molar-refractivity contribution >= 4 is 32.7 Å². The molecular formula is C13H13N5O2S. The molecule has 3 rings (SSSR count). The Bertz CT molecular complexity index is 795. The van der Waals surface area contributed by atoms with Crippen LogP contribution in [0, 0.1) is 6.92 Å². The average Bonchev–Trinajstić information content (AvgIpc) is 3.03. The number of aromatic nitrogens is 3. The Hall–Kier alpha value is -2.48. The van der Waals surface area contributed by atoms with E-state index < -0.39 is 0 Å². The number of hydrogen-bond acceptors (Lipinski definition) is 6. The van der Waals surface area contributed by atoms with E-state index in [0.717, 1.165) is 15.8 Å². The molecule has 3 aromatic rings. The first-order chi connectivity index (χ1) is 10.2. The van der Waals surface area contributed by atoms with E-state index in [-0.39, 0.29) is 6.03 Å². The summed E-state index contributed by atoms with van der Waals surface area (Å²) in [5.74, 6) is 1.06. The second-order valence-electron chi connectivity index (χ2n) is 4.32. The van der Waals surface area contributed by atoms with Gasteiger partial charge in [0.05, 0.1) is 10.2 Å². The molecule has 0 aliphatic carbocycles. The number of carbonyl (C=O) groups excluding carboxylic acids is 1. The second kappa shape index (κ2) is 5.49. The maximum Gasteiger partial charge on any atom is 0.321 e. The van der Waals surface area contributed by atoms with Crippen LogP contribution in [0.15, 0.2) is 22.7 Å². The van der Waals surface area contributed by atoms with Gasteiger partial charge in [0.2, 0.25) is 11.7 Å². The fraction of sp³-hybridized carbons (Fsp3) is 0.231. The number of hydrogen-bond donors (Lipinski definition) is 2. The van der Waals surface area contributed by atoms with Crippen LogP contribution in [0.1, 0.15) is 12.8 Å². The van der Waals surface area contributed by atoms with Crippen LogP contribution in [0.2, 0.25) is 0 Å². The van der Waals surface area contributed by atoms with Crippen LogP contribution in [-0.4, -0.2) is 27.7 Å². The molecule has 0 saturated carbocycles. The molecule has 2 amide bonds. The minimum atomic E-state index is -0.259. The highest BCUT2D eigenvalue weighted by molar-refractivity contribution is 7.22. The maximum atomic E-state index is 11.5. The number of rotatable bonds is 3. The number of thiazole rings is 1. The third-order valence-electron chi connectivity index (χ3n) is 2.73. The largest absolute Gasteiger partial charge is 0.339 e. The Kier molecular flexibility index (Phi) is 3.53. The smallest absolute Gasteiger partial charge is 0.321 e. The van der Waals surface area contributed by atoms with Gasteiger partial charge in [-0.05, 0) is 25.1 Å². The second-order valence-corrected chi connectivity index (χ2v) is 5.35. The lowest BCUT2D eigenvalue weighted by molar-refractivity contribution is 0.252. The minimum Gasteiger partial charge on any atom is -0.339 e. The van der Waals surface area contributed by atoms with Crippen molar-refractivity contribution in [3.8, 4) is 11.4 Å². The standard InChI is InChI=1S/C13H13N5O2S/c1-3-14-12(19)17-13-16-9-5-4-8(6-10(9)21-13)11-15-7(2)20-18-11/h4-6H,3H2,1-2H3,(H2,14,16,17,19). The van der Waals surface area contributed by atoms with E-state index in [9.17, 15) is 4.79 Å². The van der Waals surface area contributed by atoms with Crippen LogP contribution in [0.25, 0.3) is 21.6 Å². The van der Waals surface area contributed by atoms with Gasteiger partial charge in [0.25, 0.3) is 0 Å². The maximum absolute atomic E-state index is 11.5. The van der Waals surface area contributed by atoms with Gasteiger partial charge >= 0.3 is 6.03 Å². The van der Waals surface area contributed by atoms with Gasteiger partial charge in [-0.3, -0.25) is 5.32 Å². The molecular weight excluding hydrogens is 290 g/mol. The summed E-state index contributed by atoms with van der Waals surface area (Å²) < 4.78 is 5.92. The average molecular weight is 303 g/mol. The van der Waals surface area contributed by atoms with Crippen molar-refractivity contribution in [2.75, 3.05) is 11.9 Å². The molecule has 2 aromatic heterocycles. The van der Waals surface area contributed by atoms with Gasteiger partial charge in [-0.2, -0.15) is 4.98 Å². The molecule has 8 heteroatoms. The van der Waals surface area contributed by atoms with Crippen LogP contribution in [0.5, 0.6) is 0 Å². The number of amides is 2. The molecule has 0 atom stereocenters. The van der Waals surface area contributed by atoms with Crippen LogP contribution in [0.4, 0.5) is 9.93 Å². The number of aryl methyl sites for hydroxylation is 1. The molecule has 108 valence electrons. The zero-order valence-electron chi connectivity index (χ0n) is 11.5. The number of fused-ring (bicyclic) bond motifs is 1. The molecule has 7 nitrogen and oxygen atoms in total. The highest BCUT2D eigenvalue weighted by atomic mass is 32.1. The van der Waals surface area contributed by atoms with Gasteiger partial charge in [-0.15, -0.1) is 0 Å². The molecule has 0 fully saturated rings. The molecule has 2 N–H and O–H groups in total. The third kappa shape index (κ3) is 2.84. The monoisotopic (exact) mass is 303 g/mol. The molecule has 0 saturated heterocycles. The number of nitrogens with one attached hydrogen (secondary N) is 2. The van der Waals surface area contributed by atoms with Gasteiger partial charge in [-0.1, -0.05) is 16.5 Å². The fourth-order valence-corrected chi connectivity index (χ4v) is 2.74. The van der Waals surface area contributed by atoms with Gasteiger partial charge in [-0.25, -0.2) is 9.78 Å². The first-order valence-electron chi connectivity index (χ1n) is 6.42. The Labute approximate surface area is 124 Å². The van der Waals surface area contributed by atoms with Crippen LogP contribution in [0.3, 0.4) is 0 Å². The molecule has 2 heterocycles. The van der Waals surface area contributed by atoms with E-state index in [4.69, 9.17) is 4.52 Å². The van der Waals surface area contributed by atoms with E-state index in [1.807, 2.05) is 25.1 Å². The summed E-state index contributed by atoms with van der Waals surface area (Å²) >= 11 is 1.40. The lowest BCUT2D eigenvalue weighted by atomic mass is 10.2. The Morgan fingerprint density at radius 3 is 2.95 bits per heavy atom. The van der Waals surface area contributed by atoms with Crippen molar-refractivity contribution in [2.45, 2.75) is 13.8 Å². The third-order valence-corrected chi connectivity index (χ3v) is 3.67. The normalized spacial score (nSPS) is 10.8. The van der Waals surface area contributed by atoms with E-state index in [1.54, 1.807) is 6.92 Å². The van der Waals surface area contributed by atoms with E-state index in [0.29, 0.717) is 23.4 Å². The number of nitrogens with zero attached hydrogens (tertiary/aromatic N) is 3. The van der Waals surface area contributed by atoms with Crippen molar-refractivity contribution < 1.29 is 9.32 Å². The lowest BCUT2D eigenvalue weighted by Crippen LogP contribution is -2.28. The first-order valence-corrected chi connectivity index (χ1v) is 7.23. The van der Waals surface area contributed by atoms with E-state index in [1.165, 1.54) is 11.3 Å². The summed E-state index contributed by atoms with van der Waals surface area (Å²) in [6.45, 7) is 4.17. The van der Waals surface area contributed by atoms with Crippen molar-refractivity contribution in [3.63, 3.8) is 0 Å². The van der Waals surface area contributed by atoms with Gasteiger partial charge in [0.1, 0.15) is 0 Å². The molecule has 0 radical (unpaired) electrons. The van der Waals surface area contributed by atoms with Crippen molar-refractivity contribution in [1.82, 2.24) is 20.4 Å². The highest BCUT2D eigenvalue weighted by Crippen LogP contribution is 2.29. The summed E-state index contributed by atoms with van der Waals surface area (Å²) in [6.07, 6.45) is 0. The fourth-order valence-electron chi connectivity index (χ4n) is 1.84. The summed E-state index contributed by atoms with van der Waals surface area (Å²) in [6, 6.07) is 5.42. The SMILES string of the molecule is CCNC(=O)Nc1nc2ccc(-c3noc(C)n3)cc2s1. The minimum absolute atomic E-state index is 0.259. The van der Waals surface area contributed by atoms with Gasteiger partial charge < -0.3 is 9.84 Å². The Morgan fingerprint density at radius 1 is 1.38 bits per heavy atom. The Morgan fingerprint density at radius 2 is 2.24 bits per heavy atom. The Balaban J connectivity index is 1.90. The van der Waals surface area contributed by atoms with Crippen molar-refractivity contribution in [2.24, 2.45) is 0 Å². The predicted molar refractivity (Wildman–Crippen MR) is 80.3 cm³/mol. The van der Waals surface area contributed by atoms with Crippen LogP contribution >= 0.6 is 11.3 Å². The van der Waals surface area contributed by atoms with Crippen LogP contribution < -0.4 is 10.6 Å². The molecule has 0 bridgehead atoms. The topological polar surface area (TPSA) is 92.9 Å². The molecule has 0 aliphatic heterocycles. The van der Waals surface area contributed by atoms with E-state index >= 15 is 0 Å². The molecule has 1 aromatic carbocycles. The lowest BCUT2D eigenvalue weighted by Gasteiger charge is -2.00. The zero-order chi connectivity index (χ0) is 14.8. The number of anilines is 1. The van der Waals surface area contributed by atoms with E-state index in [2.05, 4.69) is 25.8 Å². The molecule has 0 spiro atoms. The zero-order valence-corrected chi connectivity index (χ0v) is 12.3. The van der Waals surface area contributed by atoms with Gasteiger partial charge in [0.15, 0.2) is 5.13 Å². The number of benzene rings is 1. The van der Waals surface area contributed by atoms with Crippen molar-refractivity contribution in [1.29, 1.82) is 0 Å². The highest BCUT2D eigenvalue weighted by Gasteiger charge is 2.10. The predicted octanol–water partition coefficient (Wildman–Crippen LogP) is 2.80. The van der Waals surface area contributed by atoms with Crippen molar-refractivity contribution in [3.05, 3.63) is 24.1 Å². The first kappa shape index (κ1) is 13.5. The van der Waals surface area contributed by atoms with Gasteiger partial charge in [0, 0.05) is 19.0 Å².